The van der Waals surface area contributed by atoms with Gasteiger partial charge in [-0.1, -0.05) is 249 Å². The van der Waals surface area contributed by atoms with Crippen molar-refractivity contribution < 1.29 is 20.1 Å². The van der Waals surface area contributed by atoms with Crippen molar-refractivity contribution in [2.24, 2.45) is 0 Å². The van der Waals surface area contributed by atoms with E-state index in [-0.39, 0.29) is 18.9 Å². The Balaban J connectivity index is 3.63. The quantitative estimate of drug-likeness (QED) is 0.0363. The molecule has 0 heterocycles. The molecule has 0 aromatic carbocycles. The molecule has 0 saturated carbocycles. The van der Waals surface area contributed by atoms with E-state index < -0.39 is 18.2 Å². The lowest BCUT2D eigenvalue weighted by Gasteiger charge is -2.21. The molecule has 0 aliphatic carbocycles. The smallest absolute Gasteiger partial charge is 0.222 e. The first-order valence-electron chi connectivity index (χ1n) is 25.9. The van der Waals surface area contributed by atoms with Gasteiger partial charge in [-0.05, 0) is 57.8 Å². The Morgan fingerprint density at radius 3 is 1.27 bits per heavy atom. The summed E-state index contributed by atoms with van der Waals surface area (Å²) in [7, 11) is 0. The van der Waals surface area contributed by atoms with E-state index in [1.807, 2.05) is 6.08 Å². The van der Waals surface area contributed by atoms with E-state index in [0.29, 0.717) is 6.42 Å². The molecule has 346 valence electrons. The van der Waals surface area contributed by atoms with Crippen molar-refractivity contribution >= 4 is 5.91 Å². The van der Waals surface area contributed by atoms with Gasteiger partial charge in [0.05, 0.1) is 31.3 Å². The van der Waals surface area contributed by atoms with Crippen molar-refractivity contribution in [1.82, 2.24) is 5.32 Å². The molecule has 0 saturated heterocycles. The lowest BCUT2D eigenvalue weighted by molar-refractivity contribution is -0.124. The van der Waals surface area contributed by atoms with Gasteiger partial charge in [0.2, 0.25) is 5.91 Å². The third kappa shape index (κ3) is 45.7. The van der Waals surface area contributed by atoms with Gasteiger partial charge in [0.15, 0.2) is 0 Å². The number of amides is 1. The van der Waals surface area contributed by atoms with Gasteiger partial charge in [0.1, 0.15) is 0 Å². The van der Waals surface area contributed by atoms with Crippen molar-refractivity contribution in [1.29, 1.82) is 0 Å². The van der Waals surface area contributed by atoms with Crippen LogP contribution >= 0.6 is 0 Å². The molecule has 5 heteroatoms. The van der Waals surface area contributed by atoms with Crippen LogP contribution in [0.3, 0.4) is 0 Å². The molecule has 3 unspecified atom stereocenters. The number of rotatable bonds is 47. The van der Waals surface area contributed by atoms with Crippen molar-refractivity contribution in [3.8, 4) is 0 Å². The molecule has 0 aliphatic rings. The predicted molar refractivity (Wildman–Crippen MR) is 259 cm³/mol. The number of unbranched alkanes of at least 4 members (excludes halogenated alkanes) is 32. The summed E-state index contributed by atoms with van der Waals surface area (Å²) in [5.74, 6) is -0.325. The molecule has 1 amide bonds. The third-order valence-electron chi connectivity index (χ3n) is 11.8. The number of aliphatic hydroxyl groups excluding tert-OH is 3. The van der Waals surface area contributed by atoms with Gasteiger partial charge in [-0.25, -0.2) is 0 Å². The number of allylic oxidation sites excluding steroid dienone is 7. The van der Waals surface area contributed by atoms with E-state index in [4.69, 9.17) is 0 Å². The van der Waals surface area contributed by atoms with Crippen LogP contribution in [0.25, 0.3) is 0 Å². The van der Waals surface area contributed by atoms with E-state index in [1.165, 1.54) is 193 Å². The predicted octanol–water partition coefficient (Wildman–Crippen LogP) is 15.7. The van der Waals surface area contributed by atoms with Crippen molar-refractivity contribution in [3.05, 3.63) is 48.6 Å². The molecule has 0 radical (unpaired) electrons. The number of carbonyl (C=O) groups excluding carboxylic acids is 1. The Morgan fingerprint density at radius 2 is 0.831 bits per heavy atom. The Hall–Kier alpha value is -1.69. The Morgan fingerprint density at radius 1 is 0.458 bits per heavy atom. The zero-order valence-electron chi connectivity index (χ0n) is 39.4. The van der Waals surface area contributed by atoms with Gasteiger partial charge in [-0.15, -0.1) is 0 Å². The molecule has 0 rings (SSSR count). The van der Waals surface area contributed by atoms with Crippen LogP contribution in [0.1, 0.15) is 264 Å². The lowest BCUT2D eigenvalue weighted by atomic mass is 10.0. The minimum atomic E-state index is -0.954. The highest BCUT2D eigenvalue weighted by molar-refractivity contribution is 5.76. The Labute approximate surface area is 367 Å². The second-order valence-electron chi connectivity index (χ2n) is 17.7. The topological polar surface area (TPSA) is 89.8 Å². The first-order valence-corrected chi connectivity index (χ1v) is 25.9. The summed E-state index contributed by atoms with van der Waals surface area (Å²) in [6.45, 7) is 4.12. The molecule has 0 aliphatic heterocycles. The Bertz CT molecular complexity index is 958. The summed E-state index contributed by atoms with van der Waals surface area (Å²) in [6, 6.07) is -0.763. The molecule has 0 fully saturated rings. The van der Waals surface area contributed by atoms with Crippen LogP contribution in [0.2, 0.25) is 0 Å². The number of carbonyl (C=O) groups is 1. The second-order valence-corrected chi connectivity index (χ2v) is 17.7. The van der Waals surface area contributed by atoms with Gasteiger partial charge < -0.3 is 20.6 Å². The van der Waals surface area contributed by atoms with Gasteiger partial charge in [0.25, 0.3) is 0 Å². The summed E-state index contributed by atoms with van der Waals surface area (Å²) < 4.78 is 0. The van der Waals surface area contributed by atoms with E-state index in [1.54, 1.807) is 6.08 Å². The molecular weight excluding hydrogens is 727 g/mol. The van der Waals surface area contributed by atoms with Crippen LogP contribution in [-0.4, -0.2) is 46.1 Å². The van der Waals surface area contributed by atoms with Crippen LogP contribution in [-0.2, 0) is 4.79 Å². The van der Waals surface area contributed by atoms with Crippen molar-refractivity contribution in [2.45, 2.75) is 283 Å². The molecule has 4 N–H and O–H groups in total. The molecular formula is C54H101NO4. The highest BCUT2D eigenvalue weighted by Gasteiger charge is 2.20. The highest BCUT2D eigenvalue weighted by atomic mass is 16.3. The highest BCUT2D eigenvalue weighted by Crippen LogP contribution is 2.17. The van der Waals surface area contributed by atoms with Crippen molar-refractivity contribution in [2.75, 3.05) is 6.61 Å². The average molecular weight is 828 g/mol. The molecule has 0 spiro atoms. The summed E-state index contributed by atoms with van der Waals surface area (Å²) in [5.41, 5.74) is 0. The van der Waals surface area contributed by atoms with Crippen LogP contribution in [0.15, 0.2) is 48.6 Å². The molecule has 5 nitrogen and oxygen atoms in total. The minimum absolute atomic E-state index is 0.00455. The zero-order chi connectivity index (χ0) is 43.0. The average Bonchev–Trinajstić information content (AvgIpc) is 3.23. The summed E-state index contributed by atoms with van der Waals surface area (Å²) in [6.07, 6.45) is 64.3. The second kappa shape index (κ2) is 49.0. The maximum atomic E-state index is 12.5. The largest absolute Gasteiger partial charge is 0.394 e. The fourth-order valence-electron chi connectivity index (χ4n) is 7.92. The summed E-state index contributed by atoms with van der Waals surface area (Å²) in [4.78, 5) is 12.5. The fourth-order valence-corrected chi connectivity index (χ4v) is 7.92. The number of hydrogen-bond donors (Lipinski definition) is 4. The van der Waals surface area contributed by atoms with E-state index >= 15 is 0 Å². The number of aliphatic hydroxyl groups is 3. The first-order chi connectivity index (χ1) is 29.0. The van der Waals surface area contributed by atoms with Crippen LogP contribution in [0.5, 0.6) is 0 Å². The molecule has 0 aromatic heterocycles. The number of nitrogens with one attached hydrogen (secondary N) is 1. The van der Waals surface area contributed by atoms with Crippen LogP contribution in [0.4, 0.5) is 0 Å². The molecule has 3 atom stereocenters. The number of hydrogen-bond acceptors (Lipinski definition) is 4. The van der Waals surface area contributed by atoms with Gasteiger partial charge in [-0.2, -0.15) is 0 Å². The fraction of sp³-hybridized carbons (Fsp3) is 0.833. The molecule has 59 heavy (non-hydrogen) atoms. The standard InChI is InChI=1S/C54H101NO4/c1-3-5-7-9-11-13-15-17-19-21-23-24-25-26-27-28-30-32-34-36-38-40-42-44-46-48-53(58)52(50-56)55-54(59)49-51(57)47-45-43-41-39-37-35-33-31-29-22-20-18-16-14-12-10-8-6-4-2/h6,8,12,14,38,40,46,48,51-53,56-58H,3-5,7,9-11,13,15-37,39,41-45,47,49-50H2,1-2H3,(H,55,59)/b8-6-,14-12-,40-38+,48-46+. The van der Waals surface area contributed by atoms with Gasteiger partial charge >= 0.3 is 0 Å². The minimum Gasteiger partial charge on any atom is -0.394 e. The third-order valence-corrected chi connectivity index (χ3v) is 11.8. The van der Waals surface area contributed by atoms with Gasteiger partial charge in [-0.3, -0.25) is 4.79 Å². The monoisotopic (exact) mass is 828 g/mol. The molecule has 0 bridgehead atoms. The van der Waals surface area contributed by atoms with Crippen LogP contribution in [0, 0.1) is 0 Å². The Kier molecular flexibility index (Phi) is 47.6. The van der Waals surface area contributed by atoms with Crippen molar-refractivity contribution in [3.63, 3.8) is 0 Å². The van der Waals surface area contributed by atoms with E-state index in [9.17, 15) is 20.1 Å². The van der Waals surface area contributed by atoms with E-state index in [2.05, 4.69) is 55.6 Å². The van der Waals surface area contributed by atoms with Crippen LogP contribution < -0.4 is 5.32 Å². The first kappa shape index (κ1) is 57.3. The summed E-state index contributed by atoms with van der Waals surface area (Å²) in [5, 5.41) is 33.4. The SMILES string of the molecule is CC/C=C\C/C=C\CCCCCCCCCCCCCCC(O)CC(=O)NC(CO)C(O)/C=C/CC/C=C/CCCCCCCCCCCCCCCCCCCCC. The zero-order valence-corrected chi connectivity index (χ0v) is 39.4. The normalized spacial score (nSPS) is 13.8. The van der Waals surface area contributed by atoms with E-state index in [0.717, 1.165) is 44.9 Å². The van der Waals surface area contributed by atoms with Gasteiger partial charge in [0, 0.05) is 0 Å². The maximum absolute atomic E-state index is 12.5. The maximum Gasteiger partial charge on any atom is 0.222 e. The summed E-state index contributed by atoms with van der Waals surface area (Å²) >= 11 is 0. The molecule has 0 aromatic rings. The lowest BCUT2D eigenvalue weighted by Crippen LogP contribution is -2.45.